The molecule has 1 atom stereocenters. The van der Waals surface area contributed by atoms with E-state index in [1.165, 1.54) is 0 Å². The van der Waals surface area contributed by atoms with E-state index in [9.17, 15) is 5.11 Å². The molecule has 5 nitrogen and oxygen atoms in total. The van der Waals surface area contributed by atoms with Crippen molar-refractivity contribution < 1.29 is 5.11 Å². The van der Waals surface area contributed by atoms with Crippen LogP contribution in [-0.4, -0.2) is 28.7 Å². The summed E-state index contributed by atoms with van der Waals surface area (Å²) in [5, 5.41) is 17.6. The number of benzene rings is 1. The SMILES string of the molecule is CCNC(=NCc1ccn(C)c1)NCC(O)c1cc(Cl)cc(Cl)c1.I. The van der Waals surface area contributed by atoms with Crippen molar-refractivity contribution in [3.63, 3.8) is 0 Å². The highest BCUT2D eigenvalue weighted by molar-refractivity contribution is 14.0. The van der Waals surface area contributed by atoms with Gasteiger partial charge in [0, 0.05) is 42.6 Å². The van der Waals surface area contributed by atoms with Gasteiger partial charge in [-0.1, -0.05) is 23.2 Å². The fourth-order valence-corrected chi connectivity index (χ4v) is 2.79. The molecule has 1 unspecified atom stereocenters. The second kappa shape index (κ2) is 10.9. The van der Waals surface area contributed by atoms with Crippen LogP contribution in [0.5, 0.6) is 0 Å². The van der Waals surface area contributed by atoms with Gasteiger partial charge in [0.2, 0.25) is 0 Å². The van der Waals surface area contributed by atoms with Gasteiger partial charge in [0.15, 0.2) is 5.96 Å². The molecule has 2 aromatic rings. The Labute approximate surface area is 175 Å². The number of aliphatic imine (C=N–C) groups is 1. The van der Waals surface area contributed by atoms with Crippen molar-refractivity contribution in [1.29, 1.82) is 0 Å². The Morgan fingerprint density at radius 3 is 2.48 bits per heavy atom. The van der Waals surface area contributed by atoms with Crippen LogP contribution >= 0.6 is 47.2 Å². The molecule has 0 saturated carbocycles. The zero-order valence-corrected chi connectivity index (χ0v) is 18.0. The quantitative estimate of drug-likeness (QED) is 0.324. The van der Waals surface area contributed by atoms with Crippen LogP contribution in [0.25, 0.3) is 0 Å². The predicted octanol–water partition coefficient (Wildman–Crippen LogP) is 3.74. The number of nitrogens with zero attached hydrogens (tertiary/aromatic N) is 2. The summed E-state index contributed by atoms with van der Waals surface area (Å²) in [5.41, 5.74) is 1.79. The molecule has 8 heteroatoms. The van der Waals surface area contributed by atoms with Gasteiger partial charge in [0.05, 0.1) is 12.6 Å². The van der Waals surface area contributed by atoms with Gasteiger partial charge in [0.1, 0.15) is 0 Å². The zero-order valence-electron chi connectivity index (χ0n) is 14.2. The average Bonchev–Trinajstić information content (AvgIpc) is 2.94. The Hall–Kier alpha value is -0.960. The smallest absolute Gasteiger partial charge is 0.191 e. The standard InChI is InChI=1S/C17H22Cl2N4O.HI/c1-3-20-17(21-9-12-4-5-23(2)11-12)22-10-16(24)13-6-14(18)8-15(19)7-13;/h4-8,11,16,24H,3,9-10H2,1-2H3,(H2,20,21,22);1H. The molecule has 138 valence electrons. The molecule has 0 aliphatic heterocycles. The maximum atomic E-state index is 10.3. The summed E-state index contributed by atoms with van der Waals surface area (Å²) in [6, 6.07) is 7.07. The molecule has 0 aliphatic rings. The molecule has 1 aromatic carbocycles. The number of aromatic nitrogens is 1. The monoisotopic (exact) mass is 496 g/mol. The first kappa shape index (κ1) is 22.1. The van der Waals surface area contributed by atoms with E-state index in [0.717, 1.165) is 12.1 Å². The Bertz CT molecular complexity index is 685. The third kappa shape index (κ3) is 7.43. The molecule has 2 rings (SSSR count). The molecule has 25 heavy (non-hydrogen) atoms. The van der Waals surface area contributed by atoms with Crippen LogP contribution in [0.1, 0.15) is 24.2 Å². The Kier molecular flexibility index (Phi) is 9.63. The third-order valence-corrected chi connectivity index (χ3v) is 3.83. The number of guanidine groups is 1. The minimum Gasteiger partial charge on any atom is -0.387 e. The number of hydrogen-bond donors (Lipinski definition) is 3. The van der Waals surface area contributed by atoms with Gasteiger partial charge in [-0.3, -0.25) is 0 Å². The summed E-state index contributed by atoms with van der Waals surface area (Å²) in [6.07, 6.45) is 3.27. The first-order valence-electron chi connectivity index (χ1n) is 7.75. The largest absolute Gasteiger partial charge is 0.387 e. The lowest BCUT2D eigenvalue weighted by atomic mass is 10.1. The number of hydrogen-bond acceptors (Lipinski definition) is 2. The van der Waals surface area contributed by atoms with Crippen molar-refractivity contribution in [2.45, 2.75) is 19.6 Å². The van der Waals surface area contributed by atoms with Crippen molar-refractivity contribution in [3.8, 4) is 0 Å². The van der Waals surface area contributed by atoms with E-state index in [-0.39, 0.29) is 24.0 Å². The van der Waals surface area contributed by atoms with Crippen molar-refractivity contribution >= 4 is 53.1 Å². The lowest BCUT2D eigenvalue weighted by Crippen LogP contribution is -2.39. The maximum absolute atomic E-state index is 10.3. The summed E-state index contributed by atoms with van der Waals surface area (Å²) in [7, 11) is 1.98. The third-order valence-electron chi connectivity index (χ3n) is 3.39. The van der Waals surface area contributed by atoms with E-state index >= 15 is 0 Å². The lowest BCUT2D eigenvalue weighted by molar-refractivity contribution is 0.181. The summed E-state index contributed by atoms with van der Waals surface area (Å²) in [6.45, 7) is 3.60. The fourth-order valence-electron chi connectivity index (χ4n) is 2.25. The van der Waals surface area contributed by atoms with Crippen LogP contribution in [0.3, 0.4) is 0 Å². The molecule has 0 saturated heterocycles. The maximum Gasteiger partial charge on any atom is 0.191 e. The van der Waals surface area contributed by atoms with Crippen molar-refractivity contribution in [1.82, 2.24) is 15.2 Å². The van der Waals surface area contributed by atoms with Gasteiger partial charge in [-0.15, -0.1) is 24.0 Å². The molecule has 1 heterocycles. The average molecular weight is 497 g/mol. The van der Waals surface area contributed by atoms with Crippen LogP contribution in [0.2, 0.25) is 10.0 Å². The van der Waals surface area contributed by atoms with Crippen LogP contribution in [-0.2, 0) is 13.6 Å². The first-order valence-corrected chi connectivity index (χ1v) is 8.50. The van der Waals surface area contributed by atoms with Crippen molar-refractivity contribution in [2.24, 2.45) is 12.0 Å². The van der Waals surface area contributed by atoms with E-state index in [1.54, 1.807) is 18.2 Å². The van der Waals surface area contributed by atoms with Gasteiger partial charge < -0.3 is 20.3 Å². The molecule has 1 aromatic heterocycles. The highest BCUT2D eigenvalue weighted by atomic mass is 127. The number of aliphatic hydroxyl groups excluding tert-OH is 1. The molecular weight excluding hydrogens is 474 g/mol. The summed E-state index contributed by atoms with van der Waals surface area (Å²) < 4.78 is 1.98. The number of aliphatic hydroxyl groups is 1. The summed E-state index contributed by atoms with van der Waals surface area (Å²) >= 11 is 11.9. The number of rotatable bonds is 6. The minimum absolute atomic E-state index is 0. The Morgan fingerprint density at radius 2 is 1.92 bits per heavy atom. The highest BCUT2D eigenvalue weighted by Gasteiger charge is 2.10. The van der Waals surface area contributed by atoms with Gasteiger partial charge >= 0.3 is 0 Å². The van der Waals surface area contributed by atoms with E-state index in [1.807, 2.05) is 37.0 Å². The summed E-state index contributed by atoms with van der Waals surface area (Å²) in [5.74, 6) is 0.647. The van der Waals surface area contributed by atoms with Gasteiger partial charge in [-0.05, 0) is 42.3 Å². The van der Waals surface area contributed by atoms with E-state index in [2.05, 4.69) is 15.6 Å². The van der Waals surface area contributed by atoms with Gasteiger partial charge in [0.25, 0.3) is 0 Å². The minimum atomic E-state index is -0.734. The van der Waals surface area contributed by atoms with Crippen LogP contribution < -0.4 is 10.6 Å². The van der Waals surface area contributed by atoms with Crippen LogP contribution in [0.15, 0.2) is 41.7 Å². The second-order valence-corrected chi connectivity index (χ2v) is 6.35. The van der Waals surface area contributed by atoms with Gasteiger partial charge in [-0.2, -0.15) is 0 Å². The molecule has 3 N–H and O–H groups in total. The van der Waals surface area contributed by atoms with E-state index in [0.29, 0.717) is 34.7 Å². The van der Waals surface area contributed by atoms with Crippen molar-refractivity contribution in [3.05, 3.63) is 57.8 Å². The Morgan fingerprint density at radius 1 is 1.24 bits per heavy atom. The number of halogens is 3. The molecule has 0 radical (unpaired) electrons. The highest BCUT2D eigenvalue weighted by Crippen LogP contribution is 2.23. The first-order chi connectivity index (χ1) is 11.5. The number of nitrogens with one attached hydrogen (secondary N) is 2. The molecular formula is C17H23Cl2IN4O. The van der Waals surface area contributed by atoms with E-state index in [4.69, 9.17) is 23.2 Å². The molecule has 0 spiro atoms. The number of aryl methyl sites for hydroxylation is 1. The predicted molar refractivity (Wildman–Crippen MR) is 115 cm³/mol. The Balaban J connectivity index is 0.00000312. The lowest BCUT2D eigenvalue weighted by Gasteiger charge is -2.16. The molecule has 0 aliphatic carbocycles. The zero-order chi connectivity index (χ0) is 17.5. The summed E-state index contributed by atoms with van der Waals surface area (Å²) in [4.78, 5) is 4.52. The molecule has 0 amide bonds. The molecule has 0 bridgehead atoms. The second-order valence-electron chi connectivity index (χ2n) is 5.48. The topological polar surface area (TPSA) is 61.6 Å². The normalized spacial score (nSPS) is 12.4. The van der Waals surface area contributed by atoms with Crippen LogP contribution in [0.4, 0.5) is 0 Å². The van der Waals surface area contributed by atoms with Gasteiger partial charge in [-0.25, -0.2) is 4.99 Å². The van der Waals surface area contributed by atoms with Crippen LogP contribution in [0, 0.1) is 0 Å². The van der Waals surface area contributed by atoms with Crippen molar-refractivity contribution in [2.75, 3.05) is 13.1 Å². The molecule has 0 fully saturated rings. The fraction of sp³-hybridized carbons (Fsp3) is 0.353. The van der Waals surface area contributed by atoms with E-state index < -0.39 is 6.10 Å².